The maximum absolute atomic E-state index is 3.64. The van der Waals surface area contributed by atoms with Crippen LogP contribution < -0.4 is 30.5 Å². The number of aromatic amines is 4. The van der Waals surface area contributed by atoms with Gasteiger partial charge in [-0.3, -0.25) is 0 Å². The van der Waals surface area contributed by atoms with E-state index in [1.165, 1.54) is 0 Å². The number of nitrogens with zero attached hydrogens (tertiary/aromatic N) is 2. The topological polar surface area (TPSA) is 70.9 Å². The predicted octanol–water partition coefficient (Wildman–Crippen LogP) is 1.11. The molecule has 184 valence electrons. The normalized spacial score (nSPS) is 12.8. The Hall–Kier alpha value is -5.10. The average Bonchev–Trinajstić information content (AvgIpc) is 3.70. The molecule has 0 saturated heterocycles. The quantitative estimate of drug-likeness (QED) is 0.259. The molecule has 0 aromatic carbocycles. The second kappa shape index (κ2) is 8.78. The Kier molecular flexibility index (Phi) is 5.11. The molecule has 0 unspecified atom stereocenters. The van der Waals surface area contributed by atoms with E-state index in [-0.39, 0.29) is 0 Å². The minimum Gasteiger partial charge on any atom is -0.355 e. The van der Waals surface area contributed by atoms with E-state index in [0.29, 0.717) is 0 Å². The molecule has 0 spiro atoms. The molecule has 0 atom stereocenters. The molecule has 6 nitrogen and oxygen atoms in total. The summed E-state index contributed by atoms with van der Waals surface area (Å²) in [6, 6.07) is 25.6. The van der Waals surface area contributed by atoms with Crippen molar-refractivity contribution in [1.82, 2.24) is 19.9 Å². The van der Waals surface area contributed by atoms with Crippen LogP contribution >= 0.6 is 0 Å². The maximum atomic E-state index is 3.64. The second-order valence-corrected chi connectivity index (χ2v) is 9.86. The largest absolute Gasteiger partial charge is 0.355 e. The summed E-state index contributed by atoms with van der Waals surface area (Å²) in [5.41, 5.74) is 8.70. The van der Waals surface area contributed by atoms with Gasteiger partial charge < -0.3 is 19.9 Å². The number of H-pyrrole nitrogens is 4. The molecule has 6 aromatic rings. The first-order valence-corrected chi connectivity index (χ1v) is 12.7. The van der Waals surface area contributed by atoms with E-state index in [1.54, 1.807) is 0 Å². The molecule has 0 aliphatic carbocycles. The van der Waals surface area contributed by atoms with Gasteiger partial charge in [0.15, 0.2) is 24.8 Å². The Morgan fingerprint density at radius 2 is 0.974 bits per heavy atom. The van der Waals surface area contributed by atoms with E-state index in [4.69, 9.17) is 0 Å². The first-order valence-electron chi connectivity index (χ1n) is 12.7. The van der Waals surface area contributed by atoms with E-state index in [2.05, 4.69) is 126 Å². The lowest BCUT2D eigenvalue weighted by Crippen LogP contribution is -2.27. The van der Waals surface area contributed by atoms with Crippen LogP contribution in [-0.4, -0.2) is 19.9 Å². The number of hydrogen-bond acceptors (Lipinski definition) is 0. The van der Waals surface area contributed by atoms with Crippen molar-refractivity contribution in [2.45, 2.75) is 0 Å². The average molecular weight is 497 g/mol. The number of nitrogens with one attached hydrogen (secondary N) is 4. The summed E-state index contributed by atoms with van der Waals surface area (Å²) in [4.78, 5) is 14.6. The zero-order valence-electron chi connectivity index (χ0n) is 21.3. The highest BCUT2D eigenvalue weighted by molar-refractivity contribution is 5.78. The van der Waals surface area contributed by atoms with Crippen LogP contribution in [0.5, 0.6) is 0 Å². The Bertz CT molecular complexity index is 1910. The lowest BCUT2D eigenvalue weighted by Gasteiger charge is -2.04. The Labute approximate surface area is 219 Å². The first-order chi connectivity index (χ1) is 18.6. The molecule has 4 N–H and O–H groups in total. The van der Waals surface area contributed by atoms with E-state index < -0.39 is 0 Å². The Balaban J connectivity index is 1.53. The minimum atomic E-state index is 1.03. The summed E-state index contributed by atoms with van der Waals surface area (Å²) in [6.45, 7) is 0. The highest BCUT2D eigenvalue weighted by Crippen LogP contribution is 2.21. The van der Waals surface area contributed by atoms with Crippen LogP contribution in [0.1, 0.15) is 33.9 Å². The van der Waals surface area contributed by atoms with Gasteiger partial charge in [-0.15, -0.1) is 0 Å². The summed E-state index contributed by atoms with van der Waals surface area (Å²) in [5.74, 6) is 0. The van der Waals surface area contributed by atoms with Crippen molar-refractivity contribution in [1.29, 1.82) is 0 Å². The summed E-state index contributed by atoms with van der Waals surface area (Å²) >= 11 is 0. The van der Waals surface area contributed by atoms with Crippen molar-refractivity contribution in [3.63, 3.8) is 0 Å². The van der Waals surface area contributed by atoms with Gasteiger partial charge in [0, 0.05) is 78.6 Å². The Morgan fingerprint density at radius 1 is 0.500 bits per heavy atom. The molecule has 0 fully saturated rings. The molecule has 6 aromatic heterocycles. The van der Waals surface area contributed by atoms with E-state index >= 15 is 0 Å². The zero-order chi connectivity index (χ0) is 25.6. The maximum Gasteiger partial charge on any atom is 0.176 e. The van der Waals surface area contributed by atoms with Crippen LogP contribution in [0.4, 0.5) is 0 Å². The van der Waals surface area contributed by atoms with Crippen LogP contribution in [0.25, 0.3) is 23.3 Å². The van der Waals surface area contributed by atoms with Gasteiger partial charge in [-0.05, 0) is 72.8 Å². The van der Waals surface area contributed by atoms with E-state index in [0.717, 1.165) is 66.4 Å². The van der Waals surface area contributed by atoms with Crippen molar-refractivity contribution in [3.8, 4) is 0 Å². The van der Waals surface area contributed by atoms with Gasteiger partial charge in [-0.2, -0.15) is 0 Å². The van der Waals surface area contributed by atoms with Crippen molar-refractivity contribution in [3.05, 3.63) is 153 Å². The van der Waals surface area contributed by atoms with Crippen LogP contribution in [-0.2, 0) is 14.1 Å². The summed E-state index contributed by atoms with van der Waals surface area (Å²) in [6.07, 6.45) is 12.7. The molecular formula is C32H28N6+2. The third kappa shape index (κ3) is 4.02. The van der Waals surface area contributed by atoms with Gasteiger partial charge >= 0.3 is 0 Å². The fourth-order valence-corrected chi connectivity index (χ4v) is 5.29. The zero-order valence-corrected chi connectivity index (χ0v) is 21.3. The highest BCUT2D eigenvalue weighted by atomic mass is 14.9. The first kappa shape index (κ1) is 22.1. The molecule has 38 heavy (non-hydrogen) atoms. The fraction of sp³-hybridized carbons (Fsp3) is 0.0625. The lowest BCUT2D eigenvalue weighted by molar-refractivity contribution is -0.671. The lowest BCUT2D eigenvalue weighted by atomic mass is 10.0. The molecule has 1 aliphatic heterocycles. The van der Waals surface area contributed by atoms with Crippen molar-refractivity contribution in [2.24, 2.45) is 14.1 Å². The number of rotatable bonds is 2. The number of aromatic nitrogens is 6. The third-order valence-corrected chi connectivity index (χ3v) is 6.99. The molecule has 6 heteroatoms. The van der Waals surface area contributed by atoms with E-state index in [1.807, 2.05) is 26.5 Å². The van der Waals surface area contributed by atoms with Gasteiger partial charge in [0.25, 0.3) is 0 Å². The van der Waals surface area contributed by atoms with E-state index in [9.17, 15) is 0 Å². The Morgan fingerprint density at radius 3 is 1.42 bits per heavy atom. The fourth-order valence-electron chi connectivity index (χ4n) is 5.29. The molecule has 0 amide bonds. The predicted molar refractivity (Wildman–Crippen MR) is 147 cm³/mol. The van der Waals surface area contributed by atoms with Crippen molar-refractivity contribution < 1.29 is 9.13 Å². The monoisotopic (exact) mass is 496 g/mol. The number of fused-ring (bicyclic) bond motifs is 8. The van der Waals surface area contributed by atoms with Crippen molar-refractivity contribution >= 4 is 23.3 Å². The SMILES string of the molecule is C[n+]1cccc(C2=c3ccc([nH]3)=Cc3ccc([nH]3)C(c3ccc[n+](C)c3)=c3ccc([nH]3)=Cc3ccc2[nH]3)c1. The van der Waals surface area contributed by atoms with Gasteiger partial charge in [0.1, 0.15) is 14.1 Å². The van der Waals surface area contributed by atoms with Gasteiger partial charge in [-0.25, -0.2) is 9.13 Å². The van der Waals surface area contributed by atoms with Gasteiger partial charge in [-0.1, -0.05) is 0 Å². The number of hydrogen-bond donors (Lipinski definition) is 4. The van der Waals surface area contributed by atoms with Crippen LogP contribution in [0.3, 0.4) is 0 Å². The molecule has 0 radical (unpaired) electrons. The van der Waals surface area contributed by atoms with Crippen LogP contribution in [0.2, 0.25) is 0 Å². The van der Waals surface area contributed by atoms with Gasteiger partial charge in [0.2, 0.25) is 0 Å². The number of pyridine rings is 2. The summed E-state index contributed by atoms with van der Waals surface area (Å²) < 4.78 is 4.16. The molecule has 7 heterocycles. The van der Waals surface area contributed by atoms with Crippen molar-refractivity contribution in [2.75, 3.05) is 0 Å². The smallest absolute Gasteiger partial charge is 0.176 e. The standard InChI is InChI=1S/C32H28N6/c1-37-15-3-5-21(19-37)31-27-11-7-23(33-27)17-25-9-13-29(35-25)32(22-6-4-16-38(2)20-22)30-14-10-26(36-30)18-24-8-12-28(31)34-24/h3-20,33-36H,1-2H3/q+2. The summed E-state index contributed by atoms with van der Waals surface area (Å²) in [7, 11) is 4.10. The molecule has 8 bridgehead atoms. The third-order valence-electron chi connectivity index (χ3n) is 6.99. The minimum absolute atomic E-state index is 1.03. The van der Waals surface area contributed by atoms with Crippen LogP contribution in [0.15, 0.2) is 97.6 Å². The molecule has 0 saturated carbocycles. The van der Waals surface area contributed by atoms with Gasteiger partial charge in [0.05, 0.1) is 0 Å². The number of aryl methyl sites for hydroxylation is 2. The molecule has 7 rings (SSSR count). The molecule has 1 aliphatic rings. The second-order valence-electron chi connectivity index (χ2n) is 9.86. The summed E-state index contributed by atoms with van der Waals surface area (Å²) in [5, 5.41) is 4.18. The van der Waals surface area contributed by atoms with Crippen LogP contribution in [0, 0.1) is 0 Å². The highest BCUT2D eigenvalue weighted by Gasteiger charge is 2.14. The molecular weight excluding hydrogens is 468 g/mol.